The lowest BCUT2D eigenvalue weighted by Gasteiger charge is -2.24. The van der Waals surface area contributed by atoms with Crippen molar-refractivity contribution in [2.45, 2.75) is 65.0 Å². The van der Waals surface area contributed by atoms with Crippen molar-refractivity contribution in [2.75, 3.05) is 26.8 Å². The van der Waals surface area contributed by atoms with E-state index in [4.69, 9.17) is 9.47 Å². The van der Waals surface area contributed by atoms with E-state index in [1.54, 1.807) is 7.11 Å². The quantitative estimate of drug-likeness (QED) is 0.476. The Bertz CT molecular complexity index is 1070. The van der Waals surface area contributed by atoms with Gasteiger partial charge in [-0.05, 0) is 60.9 Å². The molecule has 39 heavy (non-hydrogen) atoms. The van der Waals surface area contributed by atoms with Crippen LogP contribution in [-0.4, -0.2) is 50.7 Å². The molecule has 2 aromatic rings. The molecule has 1 unspecified atom stereocenters. The van der Waals surface area contributed by atoms with Gasteiger partial charge < -0.3 is 25.4 Å². The molecule has 0 saturated carbocycles. The van der Waals surface area contributed by atoms with Crippen LogP contribution in [-0.2, 0) is 22.4 Å². The Balaban J connectivity index is 1.84. The normalized spacial score (nSPS) is 22.4. The molecule has 0 aliphatic carbocycles. The van der Waals surface area contributed by atoms with Gasteiger partial charge in [-0.1, -0.05) is 69.7 Å². The van der Waals surface area contributed by atoms with Crippen LogP contribution in [0.3, 0.4) is 0 Å². The van der Waals surface area contributed by atoms with E-state index in [-0.39, 0.29) is 29.7 Å². The Kier molecular flexibility index (Phi) is 12.4. The van der Waals surface area contributed by atoms with Crippen LogP contribution in [0.5, 0.6) is 11.5 Å². The number of methoxy groups -OCH3 is 1. The first-order valence-electron chi connectivity index (χ1n) is 14.2. The van der Waals surface area contributed by atoms with Crippen molar-refractivity contribution in [3.05, 3.63) is 71.8 Å². The largest absolute Gasteiger partial charge is 0.497 e. The topological polar surface area (TPSA) is 88.7 Å². The number of ether oxygens (including phenoxy) is 2. The number of hydrogen-bond donors (Lipinski definition) is 3. The molecule has 0 fully saturated rings. The molecule has 1 aliphatic heterocycles. The number of nitrogens with one attached hydrogen (secondary N) is 3. The molecule has 1 heterocycles. The number of fused-ring (bicyclic) bond motifs is 1. The number of rotatable bonds is 6. The maximum atomic E-state index is 13.4. The van der Waals surface area contributed by atoms with Crippen molar-refractivity contribution in [1.82, 2.24) is 16.0 Å². The SMILES string of the molecule is CCC[C@@H]1NC(=O)C(C(C)C)/C=C/[C@@H](Cc2ccc(OC)cc2)NCCOc2ccccc2CCCNC1=O. The molecule has 3 rings (SSSR count). The van der Waals surface area contributed by atoms with E-state index in [0.717, 1.165) is 48.3 Å². The summed E-state index contributed by atoms with van der Waals surface area (Å²) in [6.07, 6.45) is 7.82. The fourth-order valence-electron chi connectivity index (χ4n) is 4.79. The van der Waals surface area contributed by atoms with Crippen LogP contribution >= 0.6 is 0 Å². The molecule has 0 spiro atoms. The van der Waals surface area contributed by atoms with Crippen LogP contribution in [0, 0.1) is 11.8 Å². The molecule has 212 valence electrons. The zero-order valence-electron chi connectivity index (χ0n) is 23.9. The second-order valence-corrected chi connectivity index (χ2v) is 10.5. The summed E-state index contributed by atoms with van der Waals surface area (Å²) in [4.78, 5) is 26.3. The Morgan fingerprint density at radius 1 is 1.00 bits per heavy atom. The number of carbonyl (C=O) groups excluding carboxylic acids is 2. The molecule has 0 saturated heterocycles. The first-order valence-corrected chi connectivity index (χ1v) is 14.2. The van der Waals surface area contributed by atoms with E-state index in [2.05, 4.69) is 40.2 Å². The Hall–Kier alpha value is -3.32. The molecule has 0 bridgehead atoms. The summed E-state index contributed by atoms with van der Waals surface area (Å²) in [5.41, 5.74) is 2.29. The van der Waals surface area contributed by atoms with Gasteiger partial charge in [-0.25, -0.2) is 0 Å². The van der Waals surface area contributed by atoms with Crippen LogP contribution in [0.4, 0.5) is 0 Å². The number of hydrogen-bond acceptors (Lipinski definition) is 5. The van der Waals surface area contributed by atoms with E-state index in [0.29, 0.717) is 26.1 Å². The van der Waals surface area contributed by atoms with Crippen molar-refractivity contribution in [3.8, 4) is 11.5 Å². The molecule has 1 aliphatic rings. The van der Waals surface area contributed by atoms with E-state index in [1.165, 1.54) is 0 Å². The summed E-state index contributed by atoms with van der Waals surface area (Å²) in [5, 5.41) is 9.67. The molecule has 7 heteroatoms. The zero-order valence-corrected chi connectivity index (χ0v) is 23.9. The van der Waals surface area contributed by atoms with Gasteiger partial charge in [0.25, 0.3) is 0 Å². The van der Waals surface area contributed by atoms with Crippen LogP contribution in [0.2, 0.25) is 0 Å². The average Bonchev–Trinajstić information content (AvgIpc) is 2.93. The summed E-state index contributed by atoms with van der Waals surface area (Å²) in [5.74, 6) is 1.20. The van der Waals surface area contributed by atoms with Gasteiger partial charge in [0.1, 0.15) is 24.1 Å². The third-order valence-corrected chi connectivity index (χ3v) is 7.06. The number of amides is 2. The summed E-state index contributed by atoms with van der Waals surface area (Å²) < 4.78 is 11.5. The van der Waals surface area contributed by atoms with E-state index < -0.39 is 6.04 Å². The van der Waals surface area contributed by atoms with Gasteiger partial charge in [-0.2, -0.15) is 0 Å². The minimum Gasteiger partial charge on any atom is -0.497 e. The van der Waals surface area contributed by atoms with Gasteiger partial charge in [0.2, 0.25) is 11.8 Å². The summed E-state index contributed by atoms with van der Waals surface area (Å²) in [6, 6.07) is 15.6. The van der Waals surface area contributed by atoms with Crippen molar-refractivity contribution < 1.29 is 19.1 Å². The number of carbonyl (C=O) groups is 2. The standard InChI is InChI=1S/C32H45N3O4/c1-5-9-29-32(37)34-19-8-11-25-10-6-7-12-30(25)39-21-20-33-26(15-18-28(23(2)3)31(36)35-29)22-24-13-16-27(38-4)17-14-24/h6-7,10,12-18,23,26,28-29,33H,5,8-9,11,19-22H2,1-4H3,(H,34,37)(H,35,36)/b18-15+/t26-,28?,29-/m0/s1. The predicted molar refractivity (Wildman–Crippen MR) is 156 cm³/mol. The number of para-hydroxylation sites is 1. The highest BCUT2D eigenvalue weighted by Gasteiger charge is 2.26. The maximum absolute atomic E-state index is 13.4. The molecular formula is C32H45N3O4. The highest BCUT2D eigenvalue weighted by Crippen LogP contribution is 2.20. The minimum absolute atomic E-state index is 0.0000837. The van der Waals surface area contributed by atoms with E-state index in [1.807, 2.05) is 57.2 Å². The van der Waals surface area contributed by atoms with Gasteiger partial charge in [0.05, 0.1) is 13.0 Å². The molecule has 0 aromatic heterocycles. The first kappa shape index (κ1) is 30.2. The van der Waals surface area contributed by atoms with Crippen LogP contribution in [0.15, 0.2) is 60.7 Å². The lowest BCUT2D eigenvalue weighted by Crippen LogP contribution is -2.49. The Labute approximate surface area is 233 Å². The summed E-state index contributed by atoms with van der Waals surface area (Å²) in [7, 11) is 1.66. The first-order chi connectivity index (χ1) is 18.9. The third-order valence-electron chi connectivity index (χ3n) is 7.06. The van der Waals surface area contributed by atoms with Crippen LogP contribution < -0.4 is 25.4 Å². The second kappa shape index (κ2) is 15.9. The number of benzene rings is 2. The smallest absolute Gasteiger partial charge is 0.242 e. The maximum Gasteiger partial charge on any atom is 0.242 e. The fraction of sp³-hybridized carbons (Fsp3) is 0.500. The minimum atomic E-state index is -0.542. The predicted octanol–water partition coefficient (Wildman–Crippen LogP) is 4.45. The van der Waals surface area contributed by atoms with Gasteiger partial charge in [-0.15, -0.1) is 0 Å². The fourth-order valence-corrected chi connectivity index (χ4v) is 4.79. The van der Waals surface area contributed by atoms with Gasteiger partial charge >= 0.3 is 0 Å². The molecule has 3 atom stereocenters. The van der Waals surface area contributed by atoms with Crippen molar-refractivity contribution >= 4 is 11.8 Å². The van der Waals surface area contributed by atoms with Crippen LogP contribution in [0.25, 0.3) is 0 Å². The van der Waals surface area contributed by atoms with Crippen molar-refractivity contribution in [1.29, 1.82) is 0 Å². The lowest BCUT2D eigenvalue weighted by atomic mass is 9.92. The summed E-state index contributed by atoms with van der Waals surface area (Å²) in [6.45, 7) is 7.82. The van der Waals surface area contributed by atoms with Gasteiger partial charge in [0, 0.05) is 19.1 Å². The van der Waals surface area contributed by atoms with E-state index >= 15 is 0 Å². The zero-order chi connectivity index (χ0) is 28.0. The summed E-state index contributed by atoms with van der Waals surface area (Å²) >= 11 is 0. The van der Waals surface area contributed by atoms with Gasteiger partial charge in [-0.3, -0.25) is 9.59 Å². The van der Waals surface area contributed by atoms with Crippen molar-refractivity contribution in [2.24, 2.45) is 11.8 Å². The monoisotopic (exact) mass is 535 g/mol. The number of aryl methyl sites for hydroxylation is 1. The molecule has 2 amide bonds. The second-order valence-electron chi connectivity index (χ2n) is 10.5. The highest BCUT2D eigenvalue weighted by atomic mass is 16.5. The highest BCUT2D eigenvalue weighted by molar-refractivity contribution is 5.89. The molecule has 0 radical (unpaired) electrons. The van der Waals surface area contributed by atoms with E-state index in [9.17, 15) is 9.59 Å². The Morgan fingerprint density at radius 2 is 1.77 bits per heavy atom. The Morgan fingerprint density at radius 3 is 2.49 bits per heavy atom. The molecule has 2 aromatic carbocycles. The molecule has 7 nitrogen and oxygen atoms in total. The average molecular weight is 536 g/mol. The molecular weight excluding hydrogens is 490 g/mol. The van der Waals surface area contributed by atoms with Crippen LogP contribution in [0.1, 0.15) is 51.2 Å². The van der Waals surface area contributed by atoms with Gasteiger partial charge in [0.15, 0.2) is 0 Å². The lowest BCUT2D eigenvalue weighted by molar-refractivity contribution is -0.131. The third kappa shape index (κ3) is 9.74. The van der Waals surface area contributed by atoms with Crippen molar-refractivity contribution in [3.63, 3.8) is 0 Å². The molecule has 3 N–H and O–H groups in total.